The predicted octanol–water partition coefficient (Wildman–Crippen LogP) is 2.81. The van der Waals surface area contributed by atoms with Crippen LogP contribution in [0, 0.1) is 6.92 Å². The van der Waals surface area contributed by atoms with Crippen molar-refractivity contribution in [1.29, 1.82) is 0 Å². The van der Waals surface area contributed by atoms with Crippen molar-refractivity contribution in [2.24, 2.45) is 0 Å². The zero-order chi connectivity index (χ0) is 18.9. The van der Waals surface area contributed by atoms with Crippen LogP contribution in [0.2, 0.25) is 0 Å². The third-order valence-corrected chi connectivity index (χ3v) is 3.57. The minimum atomic E-state index is -0.374. The van der Waals surface area contributed by atoms with Gasteiger partial charge in [0.15, 0.2) is 11.6 Å². The maximum atomic E-state index is 9.04. The molecule has 8 nitrogen and oxygen atoms in total. The molecule has 2 N–H and O–H groups in total. The fourth-order valence-electron chi connectivity index (χ4n) is 2.35. The summed E-state index contributed by atoms with van der Waals surface area (Å²) in [5, 5.41) is 12.2. The number of aryl methyl sites for hydroxylation is 1. The predicted molar refractivity (Wildman–Crippen MR) is 100 cm³/mol. The van der Waals surface area contributed by atoms with Crippen molar-refractivity contribution in [2.45, 2.75) is 39.5 Å². The molecule has 2 rings (SSSR count). The largest absolute Gasteiger partial charge is 0.482 e. The lowest BCUT2D eigenvalue weighted by Crippen LogP contribution is -2.24. The molecule has 2 aromatic rings. The summed E-state index contributed by atoms with van der Waals surface area (Å²) >= 11 is 0. The van der Waals surface area contributed by atoms with Crippen LogP contribution in [0.25, 0.3) is 12.3 Å². The molecule has 0 amide bonds. The van der Waals surface area contributed by atoms with Crippen LogP contribution in [-0.2, 0) is 11.3 Å². The standard InChI is InChI=1S/C18H25N5O3/c1-5-8-17(26-12-24)22-18-15(9-19-13(4)20-18)25-11-14-10-23(7-3)16(6-2)21-14/h6-7,9-10,17,24H,2-3,5,8,11-12H2,1,4H3,(H,19,20,22)/t17-/m1/s1. The second-order valence-electron chi connectivity index (χ2n) is 5.52. The van der Waals surface area contributed by atoms with Crippen LogP contribution in [0.3, 0.4) is 0 Å². The minimum absolute atomic E-state index is 0.238. The number of imidazole rings is 1. The van der Waals surface area contributed by atoms with Gasteiger partial charge in [-0.15, -0.1) is 0 Å². The van der Waals surface area contributed by atoms with Crippen LogP contribution in [0.1, 0.15) is 37.1 Å². The Balaban J connectivity index is 2.14. The first kappa shape index (κ1) is 19.6. The summed E-state index contributed by atoms with van der Waals surface area (Å²) in [6.45, 7) is 11.1. The molecule has 0 bridgehead atoms. The van der Waals surface area contributed by atoms with Crippen molar-refractivity contribution in [3.8, 4) is 5.75 Å². The number of ether oxygens (including phenoxy) is 2. The third kappa shape index (κ3) is 5.14. The number of anilines is 1. The first-order chi connectivity index (χ1) is 12.6. The maximum absolute atomic E-state index is 9.04. The van der Waals surface area contributed by atoms with E-state index in [9.17, 15) is 0 Å². The monoisotopic (exact) mass is 359 g/mol. The Kier molecular flexibility index (Phi) is 7.31. The second-order valence-corrected chi connectivity index (χ2v) is 5.52. The molecule has 0 unspecified atom stereocenters. The Morgan fingerprint density at radius 3 is 2.81 bits per heavy atom. The summed E-state index contributed by atoms with van der Waals surface area (Å²) in [5.41, 5.74) is 0.725. The Morgan fingerprint density at radius 2 is 2.19 bits per heavy atom. The van der Waals surface area contributed by atoms with E-state index >= 15 is 0 Å². The number of nitrogens with zero attached hydrogens (tertiary/aromatic N) is 4. The SMILES string of the molecule is C=Cc1nc(COc2cnc(C)nc2N[C@@H](CCC)OCO)cn1C=C. The molecule has 0 aliphatic rings. The molecule has 0 saturated carbocycles. The molecule has 2 heterocycles. The summed E-state index contributed by atoms with van der Waals surface area (Å²) in [5.74, 6) is 2.28. The number of hydrogen-bond acceptors (Lipinski definition) is 7. The smallest absolute Gasteiger partial charge is 0.180 e. The molecule has 26 heavy (non-hydrogen) atoms. The first-order valence-corrected chi connectivity index (χ1v) is 8.39. The highest BCUT2D eigenvalue weighted by molar-refractivity contribution is 5.49. The summed E-state index contributed by atoms with van der Waals surface area (Å²) in [4.78, 5) is 13.0. The average molecular weight is 359 g/mol. The number of nitrogens with one attached hydrogen (secondary N) is 1. The van der Waals surface area contributed by atoms with Crippen LogP contribution >= 0.6 is 0 Å². The van der Waals surface area contributed by atoms with Crippen molar-refractivity contribution < 1.29 is 14.6 Å². The van der Waals surface area contributed by atoms with Gasteiger partial charge in [0, 0.05) is 12.4 Å². The van der Waals surface area contributed by atoms with Crippen molar-refractivity contribution in [1.82, 2.24) is 19.5 Å². The molecular formula is C18H25N5O3. The number of aliphatic hydroxyl groups is 1. The van der Waals surface area contributed by atoms with Crippen LogP contribution in [0.5, 0.6) is 5.75 Å². The molecule has 0 aliphatic heterocycles. The Morgan fingerprint density at radius 1 is 1.38 bits per heavy atom. The number of hydrogen-bond donors (Lipinski definition) is 2. The molecule has 0 saturated heterocycles. The van der Waals surface area contributed by atoms with E-state index in [1.807, 2.05) is 13.1 Å². The van der Waals surface area contributed by atoms with E-state index in [-0.39, 0.29) is 19.6 Å². The van der Waals surface area contributed by atoms with Crippen LogP contribution in [-0.4, -0.2) is 37.6 Å². The third-order valence-electron chi connectivity index (χ3n) is 3.57. The zero-order valence-corrected chi connectivity index (χ0v) is 15.2. The van der Waals surface area contributed by atoms with Gasteiger partial charge >= 0.3 is 0 Å². The molecule has 1 atom stereocenters. The Labute approximate surface area is 153 Å². The summed E-state index contributed by atoms with van der Waals surface area (Å²) < 4.78 is 12.9. The van der Waals surface area contributed by atoms with Crippen molar-refractivity contribution in [3.05, 3.63) is 42.9 Å². The molecular weight excluding hydrogens is 334 g/mol. The lowest BCUT2D eigenvalue weighted by molar-refractivity contribution is -0.0415. The molecule has 2 aromatic heterocycles. The van der Waals surface area contributed by atoms with E-state index in [1.165, 1.54) is 0 Å². The van der Waals surface area contributed by atoms with Gasteiger partial charge < -0.3 is 24.5 Å². The first-order valence-electron chi connectivity index (χ1n) is 8.39. The van der Waals surface area contributed by atoms with Gasteiger partial charge in [-0.3, -0.25) is 0 Å². The average Bonchev–Trinajstić information content (AvgIpc) is 3.04. The summed E-state index contributed by atoms with van der Waals surface area (Å²) in [6.07, 6.45) is 7.96. The minimum Gasteiger partial charge on any atom is -0.482 e. The highest BCUT2D eigenvalue weighted by Gasteiger charge is 2.14. The van der Waals surface area contributed by atoms with E-state index in [1.54, 1.807) is 30.0 Å². The fraction of sp³-hybridized carbons (Fsp3) is 0.389. The Bertz CT molecular complexity index is 713. The van der Waals surface area contributed by atoms with E-state index in [4.69, 9.17) is 14.6 Å². The van der Waals surface area contributed by atoms with E-state index in [0.29, 0.717) is 23.2 Å². The van der Waals surface area contributed by atoms with Crippen molar-refractivity contribution >= 4 is 18.1 Å². The highest BCUT2D eigenvalue weighted by atomic mass is 16.6. The van der Waals surface area contributed by atoms with Gasteiger partial charge in [-0.1, -0.05) is 26.5 Å². The summed E-state index contributed by atoms with van der Waals surface area (Å²) in [7, 11) is 0. The molecule has 8 heteroatoms. The molecule has 0 spiro atoms. The van der Waals surface area contributed by atoms with Crippen LogP contribution in [0.15, 0.2) is 25.6 Å². The quantitative estimate of drug-likeness (QED) is 0.596. The van der Waals surface area contributed by atoms with Crippen LogP contribution < -0.4 is 10.1 Å². The molecule has 0 aromatic carbocycles. The van der Waals surface area contributed by atoms with Gasteiger partial charge in [0.2, 0.25) is 0 Å². The normalized spacial score (nSPS) is 11.8. The van der Waals surface area contributed by atoms with Crippen molar-refractivity contribution in [3.63, 3.8) is 0 Å². The number of aliphatic hydroxyl groups excluding tert-OH is 1. The van der Waals surface area contributed by atoms with Crippen LogP contribution in [0.4, 0.5) is 5.82 Å². The van der Waals surface area contributed by atoms with E-state index in [0.717, 1.165) is 18.5 Å². The lowest BCUT2D eigenvalue weighted by atomic mass is 10.3. The lowest BCUT2D eigenvalue weighted by Gasteiger charge is -2.20. The molecule has 0 aliphatic carbocycles. The number of rotatable bonds is 11. The fourth-order valence-corrected chi connectivity index (χ4v) is 2.35. The Hall–Kier alpha value is -2.71. The van der Waals surface area contributed by atoms with Gasteiger partial charge in [-0.2, -0.15) is 0 Å². The molecule has 0 radical (unpaired) electrons. The second kappa shape index (κ2) is 9.69. The summed E-state index contributed by atoms with van der Waals surface area (Å²) in [6, 6.07) is 0. The molecule has 140 valence electrons. The van der Waals surface area contributed by atoms with Gasteiger partial charge in [0.25, 0.3) is 0 Å². The van der Waals surface area contributed by atoms with Gasteiger partial charge in [-0.25, -0.2) is 15.0 Å². The zero-order valence-electron chi connectivity index (χ0n) is 15.2. The number of aromatic nitrogens is 4. The van der Waals surface area contributed by atoms with E-state index < -0.39 is 0 Å². The van der Waals surface area contributed by atoms with E-state index in [2.05, 4.69) is 33.4 Å². The van der Waals surface area contributed by atoms with Gasteiger partial charge in [0.1, 0.15) is 31.3 Å². The highest BCUT2D eigenvalue weighted by Crippen LogP contribution is 2.24. The van der Waals surface area contributed by atoms with Gasteiger partial charge in [0.05, 0.1) is 11.9 Å². The topological polar surface area (TPSA) is 94.3 Å². The van der Waals surface area contributed by atoms with Gasteiger partial charge in [-0.05, 0) is 19.4 Å². The maximum Gasteiger partial charge on any atom is 0.180 e. The van der Waals surface area contributed by atoms with Crippen molar-refractivity contribution in [2.75, 3.05) is 12.1 Å². The molecule has 0 fully saturated rings.